The predicted molar refractivity (Wildman–Crippen MR) is 107 cm³/mol. The van der Waals surface area contributed by atoms with Gasteiger partial charge in [0.05, 0.1) is 5.69 Å². The van der Waals surface area contributed by atoms with Gasteiger partial charge in [-0.3, -0.25) is 0 Å². The summed E-state index contributed by atoms with van der Waals surface area (Å²) < 4.78 is 4.30. The van der Waals surface area contributed by atoms with Crippen LogP contribution in [-0.4, -0.2) is 0 Å². The van der Waals surface area contributed by atoms with Gasteiger partial charge in [0.15, 0.2) is 0 Å². The highest BCUT2D eigenvalue weighted by Gasteiger charge is 2.16. The molecule has 4 nitrogen and oxygen atoms in total. The van der Waals surface area contributed by atoms with Crippen LogP contribution in [0.4, 0.5) is 5.69 Å². The molecule has 134 valence electrons. The van der Waals surface area contributed by atoms with E-state index in [4.69, 9.17) is 11.5 Å². The molecule has 0 saturated heterocycles. The number of nitrogens with two attached hydrogens (primary N) is 2. The third-order valence-corrected chi connectivity index (χ3v) is 4.97. The molecule has 0 heterocycles. The second-order valence-corrected chi connectivity index (χ2v) is 8.48. The minimum Gasteiger partial charge on any atom is -0.322 e. The molecule has 0 unspecified atom stereocenters. The van der Waals surface area contributed by atoms with Gasteiger partial charge in [-0.25, -0.2) is 0 Å². The zero-order valence-corrected chi connectivity index (χ0v) is 16.7. The van der Waals surface area contributed by atoms with Crippen molar-refractivity contribution in [2.75, 3.05) is 0 Å². The minimum absolute atomic E-state index is 0.342. The standard InChI is InChI=1S/C20H28N4S/c1-13-11-15(19(3,4)21)7-9-17(13)23-24-25-18-10-8-16(12-14(18)2)20(5,6)22/h7-12H,21-22H2,1-6H3. The van der Waals surface area contributed by atoms with Crippen LogP contribution in [-0.2, 0) is 11.1 Å². The molecule has 0 spiro atoms. The van der Waals surface area contributed by atoms with Gasteiger partial charge in [0.2, 0.25) is 0 Å². The molecule has 0 aromatic heterocycles. The second-order valence-electron chi connectivity index (χ2n) is 7.70. The summed E-state index contributed by atoms with van der Waals surface area (Å²) >= 11 is 1.37. The molecule has 2 aromatic carbocycles. The first-order valence-electron chi connectivity index (χ1n) is 8.36. The third kappa shape index (κ3) is 5.14. The lowest BCUT2D eigenvalue weighted by Crippen LogP contribution is -2.28. The summed E-state index contributed by atoms with van der Waals surface area (Å²) in [5.41, 5.74) is 16.9. The molecule has 0 fully saturated rings. The Bertz CT molecular complexity index is 783. The van der Waals surface area contributed by atoms with Crippen molar-refractivity contribution in [3.8, 4) is 0 Å². The van der Waals surface area contributed by atoms with Crippen LogP contribution in [0, 0.1) is 13.8 Å². The van der Waals surface area contributed by atoms with Gasteiger partial charge >= 0.3 is 0 Å². The molecule has 25 heavy (non-hydrogen) atoms. The van der Waals surface area contributed by atoms with Crippen molar-refractivity contribution >= 4 is 17.6 Å². The van der Waals surface area contributed by atoms with Gasteiger partial charge in [-0.05, 0) is 75.9 Å². The van der Waals surface area contributed by atoms with Crippen molar-refractivity contribution in [3.05, 3.63) is 58.7 Å². The SMILES string of the molecule is Cc1cc(C(C)(C)N)ccc1N=NSc1ccc(C(C)(C)N)cc1C. The Morgan fingerprint density at radius 1 is 0.800 bits per heavy atom. The van der Waals surface area contributed by atoms with E-state index < -0.39 is 0 Å². The van der Waals surface area contributed by atoms with Gasteiger partial charge in [0, 0.05) is 27.9 Å². The number of rotatable bonds is 5. The van der Waals surface area contributed by atoms with Crippen LogP contribution in [0.5, 0.6) is 0 Å². The van der Waals surface area contributed by atoms with Gasteiger partial charge in [-0.2, -0.15) is 0 Å². The maximum Gasteiger partial charge on any atom is 0.0892 e. The van der Waals surface area contributed by atoms with Gasteiger partial charge in [0.25, 0.3) is 0 Å². The van der Waals surface area contributed by atoms with E-state index in [1.165, 1.54) is 11.9 Å². The molecule has 0 aliphatic rings. The first-order valence-corrected chi connectivity index (χ1v) is 9.14. The monoisotopic (exact) mass is 356 g/mol. The number of hydrogen-bond donors (Lipinski definition) is 2. The Hall–Kier alpha value is -1.69. The smallest absolute Gasteiger partial charge is 0.0892 e. The molecule has 2 rings (SSSR count). The average Bonchev–Trinajstić information content (AvgIpc) is 2.48. The fourth-order valence-electron chi connectivity index (χ4n) is 2.43. The maximum atomic E-state index is 6.15. The molecule has 0 amide bonds. The van der Waals surface area contributed by atoms with E-state index in [1.54, 1.807) is 0 Å². The van der Waals surface area contributed by atoms with Gasteiger partial charge in [-0.1, -0.05) is 24.3 Å². The highest BCUT2D eigenvalue weighted by molar-refractivity contribution is 7.98. The zero-order chi connectivity index (χ0) is 18.8. The van der Waals surface area contributed by atoms with Crippen LogP contribution in [0.25, 0.3) is 0 Å². The molecule has 5 heteroatoms. The Morgan fingerprint density at radius 2 is 1.32 bits per heavy atom. The number of benzene rings is 2. The quantitative estimate of drug-likeness (QED) is 0.550. The first-order chi connectivity index (χ1) is 11.5. The second kappa shape index (κ2) is 7.28. The van der Waals surface area contributed by atoms with E-state index in [-0.39, 0.29) is 11.1 Å². The van der Waals surface area contributed by atoms with Crippen LogP contribution in [0.3, 0.4) is 0 Å². The number of aryl methyl sites for hydroxylation is 2. The van der Waals surface area contributed by atoms with E-state index in [0.717, 1.165) is 32.8 Å². The summed E-state index contributed by atoms with van der Waals surface area (Å²) in [6.45, 7) is 12.1. The van der Waals surface area contributed by atoms with Crippen LogP contribution in [0.15, 0.2) is 50.9 Å². The van der Waals surface area contributed by atoms with Crippen LogP contribution in [0.1, 0.15) is 49.9 Å². The molecule has 0 aliphatic carbocycles. The Morgan fingerprint density at radius 3 is 1.80 bits per heavy atom. The summed E-state index contributed by atoms with van der Waals surface area (Å²) in [4.78, 5) is 1.08. The first kappa shape index (κ1) is 19.6. The van der Waals surface area contributed by atoms with E-state index in [9.17, 15) is 0 Å². The van der Waals surface area contributed by atoms with Crippen molar-refractivity contribution in [3.63, 3.8) is 0 Å². The molecular weight excluding hydrogens is 328 g/mol. The third-order valence-electron chi connectivity index (χ3n) is 4.15. The molecule has 0 radical (unpaired) electrons. The van der Waals surface area contributed by atoms with E-state index in [1.807, 2.05) is 52.8 Å². The zero-order valence-electron chi connectivity index (χ0n) is 15.9. The molecular formula is C20H28N4S. The summed E-state index contributed by atoms with van der Waals surface area (Å²) in [7, 11) is 0. The average molecular weight is 357 g/mol. The van der Waals surface area contributed by atoms with Crippen LogP contribution in [0.2, 0.25) is 0 Å². The number of hydrogen-bond acceptors (Lipinski definition) is 5. The number of nitrogens with zero attached hydrogens (tertiary/aromatic N) is 2. The lowest BCUT2D eigenvalue weighted by Gasteiger charge is -2.20. The van der Waals surface area contributed by atoms with Crippen molar-refractivity contribution in [2.24, 2.45) is 21.1 Å². The fraction of sp³-hybridized carbons (Fsp3) is 0.400. The molecule has 4 N–H and O–H groups in total. The minimum atomic E-state index is -0.356. The van der Waals surface area contributed by atoms with Crippen molar-refractivity contribution in [1.29, 1.82) is 0 Å². The fourth-order valence-corrected chi connectivity index (χ4v) is 2.98. The van der Waals surface area contributed by atoms with Gasteiger partial charge in [-0.15, -0.1) is 9.63 Å². The lowest BCUT2D eigenvalue weighted by molar-refractivity contribution is 0.553. The highest BCUT2D eigenvalue weighted by atomic mass is 32.2. The Labute approximate surface area is 155 Å². The summed E-state index contributed by atoms with van der Waals surface area (Å²) in [6.07, 6.45) is 0. The predicted octanol–water partition coefficient (Wildman–Crippen LogP) is 5.48. The highest BCUT2D eigenvalue weighted by Crippen LogP contribution is 2.30. The molecule has 0 bridgehead atoms. The van der Waals surface area contributed by atoms with Gasteiger partial charge in [0.1, 0.15) is 0 Å². The van der Waals surface area contributed by atoms with Crippen molar-refractivity contribution < 1.29 is 0 Å². The maximum absolute atomic E-state index is 6.15. The van der Waals surface area contributed by atoms with Crippen molar-refractivity contribution in [2.45, 2.75) is 57.5 Å². The van der Waals surface area contributed by atoms with Crippen LogP contribution < -0.4 is 11.5 Å². The van der Waals surface area contributed by atoms with E-state index in [2.05, 4.69) is 34.8 Å². The molecule has 0 saturated carbocycles. The largest absolute Gasteiger partial charge is 0.322 e. The molecule has 2 aromatic rings. The van der Waals surface area contributed by atoms with E-state index >= 15 is 0 Å². The van der Waals surface area contributed by atoms with Crippen LogP contribution >= 0.6 is 11.9 Å². The lowest BCUT2D eigenvalue weighted by atomic mass is 9.94. The van der Waals surface area contributed by atoms with E-state index in [0.29, 0.717) is 0 Å². The molecule has 0 atom stereocenters. The summed E-state index contributed by atoms with van der Waals surface area (Å²) in [5.74, 6) is 0. The molecule has 0 aliphatic heterocycles. The Balaban J connectivity index is 2.14. The normalized spacial score (nSPS) is 12.8. The van der Waals surface area contributed by atoms with Gasteiger partial charge < -0.3 is 11.5 Å². The Kier molecular flexibility index (Phi) is 5.72. The summed E-state index contributed by atoms with van der Waals surface area (Å²) in [5, 5.41) is 4.36. The topological polar surface area (TPSA) is 76.8 Å². The summed E-state index contributed by atoms with van der Waals surface area (Å²) in [6, 6.07) is 12.3. The van der Waals surface area contributed by atoms with Crippen molar-refractivity contribution in [1.82, 2.24) is 0 Å².